The summed E-state index contributed by atoms with van der Waals surface area (Å²) in [7, 11) is -3.96. The van der Waals surface area contributed by atoms with Crippen LogP contribution in [0.25, 0.3) is 0 Å². The molecule has 5 rings (SSSR count). The maximum absolute atomic E-state index is 11.4. The zero-order valence-corrected chi connectivity index (χ0v) is 37.5. The number of nitrogens with zero attached hydrogens (tertiary/aromatic N) is 1. The van der Waals surface area contributed by atoms with Gasteiger partial charge in [0.25, 0.3) is 0 Å². The lowest BCUT2D eigenvalue weighted by Crippen LogP contribution is -2.49. The van der Waals surface area contributed by atoms with Crippen molar-refractivity contribution in [3.63, 3.8) is 0 Å². The predicted molar refractivity (Wildman–Crippen MR) is 223 cm³/mol. The van der Waals surface area contributed by atoms with Crippen LogP contribution in [0.4, 0.5) is 0 Å². The van der Waals surface area contributed by atoms with Crippen LogP contribution in [-0.2, 0) is 20.7 Å². The molecule has 7 heteroatoms. The summed E-state index contributed by atoms with van der Waals surface area (Å²) in [5.41, 5.74) is 4.02. The molecule has 0 bridgehead atoms. The largest absolute Gasteiger partial charge is 0.445 e. The van der Waals surface area contributed by atoms with Crippen molar-refractivity contribution in [3.05, 3.63) is 65.5 Å². The standard InChI is InChI=1S/C45H75NO4Si2/c1-15-17-35-30-46-41(48-35)45(26-27-45)40(47)24-19-31(2)37-22-23-38-33(18-16-25-44(37,38)10)20-21-34-28-36(49-51(11,12)42(4,5)6)29-39(32(34)3)50-52(13,14)43(7,8)9/h19-21,24,30-31,36-40,47H,3,15-18,22-23,25-29H2,1-2,4-14H3/b24-19+,33-20-,34-21+/t31-,36-,37-,38+,39+,40-,44-/m1/s1. The van der Waals surface area contributed by atoms with E-state index in [9.17, 15) is 5.11 Å². The number of allylic oxidation sites excluding steroid dienone is 4. The van der Waals surface area contributed by atoms with Crippen molar-refractivity contribution < 1.29 is 18.4 Å². The number of aliphatic hydroxyl groups excluding tert-OH is 1. The van der Waals surface area contributed by atoms with Crippen LogP contribution in [-0.4, -0.2) is 45.0 Å². The minimum atomic E-state index is -2.01. The third kappa shape index (κ3) is 8.49. The second-order valence-corrected chi connectivity index (χ2v) is 30.1. The van der Waals surface area contributed by atoms with E-state index in [0.29, 0.717) is 17.8 Å². The van der Waals surface area contributed by atoms with Crippen LogP contribution in [0, 0.1) is 23.2 Å². The molecule has 0 unspecified atom stereocenters. The highest BCUT2D eigenvalue weighted by Crippen LogP contribution is 2.60. The summed E-state index contributed by atoms with van der Waals surface area (Å²) in [5.74, 6) is 3.25. The van der Waals surface area contributed by atoms with Gasteiger partial charge in [0.15, 0.2) is 16.6 Å². The third-order valence-corrected chi connectivity index (χ3v) is 23.9. The molecular formula is C45H75NO4Si2. The Kier molecular flexibility index (Phi) is 12.2. The van der Waals surface area contributed by atoms with Gasteiger partial charge in [-0.3, -0.25) is 0 Å². The van der Waals surface area contributed by atoms with E-state index < -0.39 is 22.7 Å². The summed E-state index contributed by atoms with van der Waals surface area (Å²) in [5, 5.41) is 11.7. The first-order valence-corrected chi connectivity index (χ1v) is 26.6. The number of rotatable bonds is 12. The zero-order chi connectivity index (χ0) is 38.5. The summed E-state index contributed by atoms with van der Waals surface area (Å²) < 4.78 is 20.3. The topological polar surface area (TPSA) is 64.7 Å². The Morgan fingerprint density at radius 1 is 1.00 bits per heavy atom. The highest BCUT2D eigenvalue weighted by molar-refractivity contribution is 6.74. The molecule has 52 heavy (non-hydrogen) atoms. The molecule has 4 aliphatic carbocycles. The number of hydrogen-bond acceptors (Lipinski definition) is 5. The van der Waals surface area contributed by atoms with Crippen molar-refractivity contribution >= 4 is 16.6 Å². The number of hydrogen-bond donors (Lipinski definition) is 1. The number of fused-ring (bicyclic) bond motifs is 1. The molecule has 4 aliphatic rings. The van der Waals surface area contributed by atoms with E-state index in [-0.39, 0.29) is 33.1 Å². The van der Waals surface area contributed by atoms with Crippen LogP contribution in [0.1, 0.15) is 138 Å². The van der Waals surface area contributed by atoms with Crippen LogP contribution in [0.3, 0.4) is 0 Å². The first-order valence-electron chi connectivity index (χ1n) is 20.8. The van der Waals surface area contributed by atoms with Gasteiger partial charge in [-0.05, 0) is 128 Å². The van der Waals surface area contributed by atoms with E-state index in [2.05, 4.69) is 118 Å². The molecule has 0 amide bonds. The SMILES string of the molecule is C=C1/C(=C/C=C2/CCC[C@]3(C)[C@@H]([C@H](C)/C=C/[C@@H](O)C4(c5ncc(CCC)o5)CC4)CC[C@@H]23)C[C@@H](O[Si](C)(C)C(C)(C)C)C[C@@H]1O[Si](C)(C)C(C)(C)C. The molecule has 7 atom stereocenters. The molecular weight excluding hydrogens is 675 g/mol. The van der Waals surface area contributed by atoms with E-state index in [1.54, 1.807) is 5.57 Å². The highest BCUT2D eigenvalue weighted by atomic mass is 28.4. The van der Waals surface area contributed by atoms with Crippen LogP contribution >= 0.6 is 0 Å². The number of aromatic nitrogens is 1. The molecule has 292 valence electrons. The Morgan fingerprint density at radius 2 is 1.65 bits per heavy atom. The Labute approximate surface area is 320 Å². The van der Waals surface area contributed by atoms with Gasteiger partial charge in [0.2, 0.25) is 5.89 Å². The molecule has 0 saturated heterocycles. The fraction of sp³-hybridized carbons (Fsp3) is 0.756. The number of aryl methyl sites for hydroxylation is 1. The van der Waals surface area contributed by atoms with Crippen molar-refractivity contribution in [1.29, 1.82) is 0 Å². The van der Waals surface area contributed by atoms with Gasteiger partial charge < -0.3 is 18.4 Å². The van der Waals surface area contributed by atoms with Gasteiger partial charge in [-0.1, -0.05) is 98.8 Å². The average Bonchev–Trinajstić information content (AvgIpc) is 3.57. The van der Waals surface area contributed by atoms with Crippen molar-refractivity contribution in [2.45, 2.75) is 193 Å². The summed E-state index contributed by atoms with van der Waals surface area (Å²) in [4.78, 5) is 4.59. The van der Waals surface area contributed by atoms with Crippen molar-refractivity contribution in [2.75, 3.05) is 0 Å². The van der Waals surface area contributed by atoms with E-state index in [1.807, 2.05) is 6.20 Å². The Bertz CT molecular complexity index is 1520. The average molecular weight is 750 g/mol. The normalized spacial score (nSPS) is 31.4. The summed E-state index contributed by atoms with van der Waals surface area (Å²) in [6, 6.07) is 0. The molecule has 0 radical (unpaired) electrons. The Hall–Kier alpha value is -1.52. The molecule has 5 nitrogen and oxygen atoms in total. The fourth-order valence-corrected chi connectivity index (χ4v) is 11.8. The highest BCUT2D eigenvalue weighted by Gasteiger charge is 2.54. The maximum atomic E-state index is 11.4. The van der Waals surface area contributed by atoms with Gasteiger partial charge in [0, 0.05) is 12.8 Å². The molecule has 1 aromatic heterocycles. The minimum Gasteiger partial charge on any atom is -0.445 e. The van der Waals surface area contributed by atoms with E-state index in [1.165, 1.54) is 37.7 Å². The van der Waals surface area contributed by atoms with Crippen LogP contribution in [0.15, 0.2) is 58.2 Å². The van der Waals surface area contributed by atoms with E-state index in [0.717, 1.165) is 55.7 Å². The van der Waals surface area contributed by atoms with E-state index >= 15 is 0 Å². The maximum Gasteiger partial charge on any atom is 0.203 e. The first kappa shape index (κ1) is 41.6. The second-order valence-electron chi connectivity index (χ2n) is 20.6. The summed E-state index contributed by atoms with van der Waals surface area (Å²) in [6.07, 6.45) is 22.5. The van der Waals surface area contributed by atoms with Gasteiger partial charge in [-0.25, -0.2) is 4.98 Å². The molecule has 0 aliphatic heterocycles. The van der Waals surface area contributed by atoms with Crippen LogP contribution in [0.5, 0.6) is 0 Å². The van der Waals surface area contributed by atoms with E-state index in [4.69, 9.17) is 19.8 Å². The van der Waals surface area contributed by atoms with Crippen LogP contribution in [0.2, 0.25) is 36.3 Å². The molecule has 1 aromatic rings. The second kappa shape index (κ2) is 15.2. The lowest BCUT2D eigenvalue weighted by Gasteiger charge is -2.45. The molecule has 0 aromatic carbocycles. The molecule has 0 spiro atoms. The molecule has 4 saturated carbocycles. The Balaban J connectivity index is 1.33. The zero-order valence-electron chi connectivity index (χ0n) is 35.5. The fourth-order valence-electron chi connectivity index (χ4n) is 9.18. The monoisotopic (exact) mass is 750 g/mol. The van der Waals surface area contributed by atoms with Gasteiger partial charge in [-0.2, -0.15) is 0 Å². The quantitative estimate of drug-likeness (QED) is 0.170. The Morgan fingerprint density at radius 3 is 2.27 bits per heavy atom. The van der Waals surface area contributed by atoms with Gasteiger partial charge in [-0.15, -0.1) is 0 Å². The predicted octanol–water partition coefficient (Wildman–Crippen LogP) is 12.4. The molecule has 4 fully saturated rings. The molecule has 1 heterocycles. The number of oxazole rings is 1. The third-order valence-electron chi connectivity index (χ3n) is 14.8. The van der Waals surface area contributed by atoms with Gasteiger partial charge in [0.1, 0.15) is 5.76 Å². The lowest BCUT2D eigenvalue weighted by atomic mass is 9.61. The lowest BCUT2D eigenvalue weighted by molar-refractivity contribution is 0.0969. The summed E-state index contributed by atoms with van der Waals surface area (Å²) >= 11 is 0. The first-order chi connectivity index (χ1) is 24.0. The molecule has 1 N–H and O–H groups in total. The van der Waals surface area contributed by atoms with Gasteiger partial charge >= 0.3 is 0 Å². The summed E-state index contributed by atoms with van der Waals surface area (Å²) in [6.45, 7) is 35.3. The number of aliphatic hydroxyl groups is 1. The minimum absolute atomic E-state index is 0.00117. The van der Waals surface area contributed by atoms with Crippen molar-refractivity contribution in [1.82, 2.24) is 4.98 Å². The van der Waals surface area contributed by atoms with Crippen LogP contribution < -0.4 is 0 Å². The van der Waals surface area contributed by atoms with Crippen molar-refractivity contribution in [2.24, 2.45) is 23.2 Å². The van der Waals surface area contributed by atoms with Crippen molar-refractivity contribution in [3.8, 4) is 0 Å². The smallest absolute Gasteiger partial charge is 0.203 e. The van der Waals surface area contributed by atoms with Gasteiger partial charge in [0.05, 0.1) is 29.9 Å².